The van der Waals surface area contributed by atoms with Crippen LogP contribution in [0.5, 0.6) is 0 Å². The van der Waals surface area contributed by atoms with Crippen molar-refractivity contribution < 1.29 is 13.3 Å². The molecule has 0 radical (unpaired) electrons. The largest absolute Gasteiger partial charge is 0.500 e. The molecule has 0 unspecified atom stereocenters. The molecule has 0 N–H and O–H groups in total. The zero-order valence-electron chi connectivity index (χ0n) is 4.43. The minimum absolute atomic E-state index is 0.234. The van der Waals surface area contributed by atoms with Crippen molar-refractivity contribution in [2.75, 3.05) is 0 Å². The molecule has 0 aromatic heterocycles. The fourth-order valence-electron chi connectivity index (χ4n) is 0.142. The van der Waals surface area contributed by atoms with E-state index in [2.05, 4.69) is 8.54 Å². The molecule has 0 fully saturated rings. The number of carbonyl (C=O) groups excluding carboxylic acids is 1. The summed E-state index contributed by atoms with van der Waals surface area (Å²) >= 11 is 0. The van der Waals surface area contributed by atoms with Crippen molar-refractivity contribution in [3.63, 3.8) is 0 Å². The van der Waals surface area contributed by atoms with Gasteiger partial charge in [0, 0.05) is 6.92 Å². The van der Waals surface area contributed by atoms with Crippen LogP contribution in [-0.2, 0) is 13.3 Å². The molecule has 0 aliphatic rings. The molecule has 42 valence electrons. The van der Waals surface area contributed by atoms with E-state index >= 15 is 0 Å². The summed E-state index contributed by atoms with van der Waals surface area (Å²) in [6.45, 7) is 1.38. The highest BCUT2D eigenvalue weighted by Gasteiger charge is 1.86. The maximum absolute atomic E-state index is 9.95. The fraction of sp³-hybridized carbons (Fsp3) is 0.500. The van der Waals surface area contributed by atoms with Gasteiger partial charge in [0.1, 0.15) is 10.5 Å². The fourth-order valence-corrected chi connectivity index (χ4v) is 0.779. The predicted molar refractivity (Wildman–Crippen MR) is 31.3 cm³/mol. The van der Waals surface area contributed by atoms with Crippen molar-refractivity contribution in [1.29, 1.82) is 0 Å². The van der Waals surface area contributed by atoms with Gasteiger partial charge in [0.25, 0.3) is 5.97 Å². The van der Waals surface area contributed by atoms with Crippen LogP contribution in [0.25, 0.3) is 0 Å². The van der Waals surface area contributed by atoms with E-state index in [4.69, 9.17) is 0 Å². The second kappa shape index (κ2) is 4.03. The Labute approximate surface area is 47.6 Å². The minimum Gasteiger partial charge on any atom is -0.500 e. The molecule has 0 amide bonds. The van der Waals surface area contributed by atoms with Crippen LogP contribution >= 0.6 is 0 Å². The summed E-state index contributed by atoms with van der Waals surface area (Å²) in [6, 6.07) is 0. The lowest BCUT2D eigenvalue weighted by molar-refractivity contribution is -0.132. The minimum atomic E-state index is -0.914. The van der Waals surface area contributed by atoms with Crippen molar-refractivity contribution in [2.24, 2.45) is 0 Å². The first-order chi connectivity index (χ1) is 3.27. The second-order valence-electron chi connectivity index (χ2n) is 1.04. The van der Waals surface area contributed by atoms with Gasteiger partial charge in [0.2, 0.25) is 0 Å². The SMILES string of the molecule is CC(=O)O[SiH2]O[SiH3]. The van der Waals surface area contributed by atoms with Gasteiger partial charge < -0.3 is 8.54 Å². The summed E-state index contributed by atoms with van der Waals surface area (Å²) in [5.74, 6) is -0.234. The molecule has 0 aromatic rings. The molecule has 7 heavy (non-hydrogen) atoms. The molecule has 0 aromatic carbocycles. The van der Waals surface area contributed by atoms with Crippen molar-refractivity contribution in [2.45, 2.75) is 6.92 Å². The summed E-state index contributed by atoms with van der Waals surface area (Å²) < 4.78 is 9.19. The smallest absolute Gasteiger partial charge is 0.358 e. The highest BCUT2D eigenvalue weighted by atomic mass is 28.3. The van der Waals surface area contributed by atoms with Crippen molar-refractivity contribution >= 4 is 26.5 Å². The Bertz CT molecular complexity index is 64.0. The normalized spacial score (nSPS) is 10.4. The number of rotatable bonds is 2. The van der Waals surface area contributed by atoms with E-state index in [0.717, 1.165) is 0 Å². The van der Waals surface area contributed by atoms with Crippen LogP contribution in [0, 0.1) is 0 Å². The molecule has 0 saturated heterocycles. The van der Waals surface area contributed by atoms with Gasteiger partial charge in [-0.3, -0.25) is 4.79 Å². The Morgan fingerprint density at radius 1 is 1.86 bits per heavy atom. The number of hydrogen-bond acceptors (Lipinski definition) is 3. The summed E-state index contributed by atoms with van der Waals surface area (Å²) in [7, 11) is -0.235. The first-order valence-electron chi connectivity index (χ1n) is 1.89. The standard InChI is InChI=1S/C2H8O3Si2/c1-2(3)4-7-5-6/h7H2,1,6H3. The highest BCUT2D eigenvalue weighted by molar-refractivity contribution is 6.30. The van der Waals surface area contributed by atoms with Crippen LogP contribution in [0.1, 0.15) is 6.92 Å². The van der Waals surface area contributed by atoms with E-state index in [1.165, 1.54) is 6.92 Å². The van der Waals surface area contributed by atoms with Gasteiger partial charge in [-0.1, -0.05) is 0 Å². The van der Waals surface area contributed by atoms with Crippen LogP contribution in [0.15, 0.2) is 0 Å². The molecular weight excluding hydrogens is 128 g/mol. The first-order valence-corrected chi connectivity index (χ1v) is 3.87. The summed E-state index contributed by atoms with van der Waals surface area (Å²) in [6.07, 6.45) is 0. The van der Waals surface area contributed by atoms with Crippen molar-refractivity contribution in [3.05, 3.63) is 0 Å². The monoisotopic (exact) mass is 136 g/mol. The van der Waals surface area contributed by atoms with E-state index in [1.54, 1.807) is 0 Å². The van der Waals surface area contributed by atoms with Crippen molar-refractivity contribution in [3.8, 4) is 0 Å². The van der Waals surface area contributed by atoms with E-state index < -0.39 is 10.0 Å². The Morgan fingerprint density at radius 2 is 2.43 bits per heavy atom. The molecule has 0 heterocycles. The lowest BCUT2D eigenvalue weighted by Gasteiger charge is -1.95. The van der Waals surface area contributed by atoms with Gasteiger partial charge in [-0.2, -0.15) is 0 Å². The highest BCUT2D eigenvalue weighted by Crippen LogP contribution is 1.69. The quantitative estimate of drug-likeness (QED) is 0.406. The zero-order chi connectivity index (χ0) is 5.70. The molecular formula is C2H8O3Si2. The lowest BCUT2D eigenvalue weighted by atomic mass is 10.9. The Balaban J connectivity index is 2.82. The molecule has 0 bridgehead atoms. The Morgan fingerprint density at radius 3 is 2.57 bits per heavy atom. The maximum Gasteiger partial charge on any atom is 0.358 e. The molecule has 0 atom stereocenters. The average Bonchev–Trinajstić information content (AvgIpc) is 1.61. The predicted octanol–water partition coefficient (Wildman–Crippen LogP) is -2.15. The molecule has 3 nitrogen and oxygen atoms in total. The van der Waals surface area contributed by atoms with E-state index in [9.17, 15) is 4.79 Å². The van der Waals surface area contributed by atoms with Crippen molar-refractivity contribution in [1.82, 2.24) is 0 Å². The van der Waals surface area contributed by atoms with E-state index in [1.807, 2.05) is 0 Å². The molecule has 0 aliphatic carbocycles. The van der Waals surface area contributed by atoms with E-state index in [0.29, 0.717) is 10.5 Å². The molecule has 0 saturated carbocycles. The summed E-state index contributed by atoms with van der Waals surface area (Å²) in [5.41, 5.74) is 0. The number of hydrogen-bond donors (Lipinski definition) is 0. The third-order valence-corrected chi connectivity index (χ3v) is 1.85. The number of carbonyl (C=O) groups is 1. The topological polar surface area (TPSA) is 35.5 Å². The van der Waals surface area contributed by atoms with Crippen LogP contribution in [0.3, 0.4) is 0 Å². The van der Waals surface area contributed by atoms with Crippen LogP contribution in [0.4, 0.5) is 0 Å². The molecule has 5 heteroatoms. The van der Waals surface area contributed by atoms with Gasteiger partial charge in [-0.25, -0.2) is 0 Å². The first kappa shape index (κ1) is 6.86. The van der Waals surface area contributed by atoms with E-state index in [-0.39, 0.29) is 5.97 Å². The van der Waals surface area contributed by atoms with Crippen LogP contribution < -0.4 is 0 Å². The second-order valence-corrected chi connectivity index (χ2v) is 3.88. The third kappa shape index (κ3) is 5.86. The summed E-state index contributed by atoms with van der Waals surface area (Å²) in [4.78, 5) is 9.95. The van der Waals surface area contributed by atoms with Gasteiger partial charge in [-0.15, -0.1) is 0 Å². The molecule has 0 rings (SSSR count). The lowest BCUT2D eigenvalue weighted by Crippen LogP contribution is -2.06. The van der Waals surface area contributed by atoms with Gasteiger partial charge in [0.05, 0.1) is 0 Å². The van der Waals surface area contributed by atoms with Gasteiger partial charge >= 0.3 is 10.0 Å². The maximum atomic E-state index is 9.95. The van der Waals surface area contributed by atoms with Gasteiger partial charge in [-0.05, 0) is 0 Å². The Hall–Kier alpha value is -0.136. The zero-order valence-corrected chi connectivity index (χ0v) is 7.85. The Kier molecular flexibility index (Phi) is 3.96. The average molecular weight is 136 g/mol. The third-order valence-electron chi connectivity index (χ3n) is 0.380. The molecule has 0 aliphatic heterocycles. The summed E-state index contributed by atoms with van der Waals surface area (Å²) in [5, 5.41) is 0. The van der Waals surface area contributed by atoms with Crippen LogP contribution in [0.2, 0.25) is 0 Å². The van der Waals surface area contributed by atoms with Gasteiger partial charge in [0.15, 0.2) is 0 Å². The van der Waals surface area contributed by atoms with Crippen LogP contribution in [-0.4, -0.2) is 26.5 Å². The molecule has 0 spiro atoms.